The van der Waals surface area contributed by atoms with E-state index in [4.69, 9.17) is 23.3 Å². The zero-order valence-electron chi connectivity index (χ0n) is 19.6. The number of hydrogen-bond acceptors (Lipinski definition) is 8. The molecule has 1 aromatic heterocycles. The second kappa shape index (κ2) is 9.42. The van der Waals surface area contributed by atoms with Gasteiger partial charge in [-0.05, 0) is 43.2 Å². The topological polar surface area (TPSA) is 87.1 Å². The summed E-state index contributed by atoms with van der Waals surface area (Å²) in [5, 5.41) is 4.23. The summed E-state index contributed by atoms with van der Waals surface area (Å²) in [6.07, 6.45) is 2.31. The summed E-state index contributed by atoms with van der Waals surface area (Å²) in [6, 6.07) is 8.47. The summed E-state index contributed by atoms with van der Waals surface area (Å²) in [6.45, 7) is 3.09. The second-order valence-corrected chi connectivity index (χ2v) is 10.8. The van der Waals surface area contributed by atoms with Gasteiger partial charge < -0.3 is 24.3 Å². The minimum Gasteiger partial charge on any atom is -0.483 e. The molecule has 184 valence electrons. The number of ether oxygens (including phenoxy) is 4. The Kier molecular flexibility index (Phi) is 6.13. The van der Waals surface area contributed by atoms with Crippen LogP contribution in [-0.2, 0) is 24.9 Å². The van der Waals surface area contributed by atoms with E-state index in [1.165, 1.54) is 18.5 Å². The molecule has 1 N–H and O–H groups in total. The van der Waals surface area contributed by atoms with Gasteiger partial charge in [0.1, 0.15) is 29.8 Å². The molecule has 0 bridgehead atoms. The van der Waals surface area contributed by atoms with Gasteiger partial charge in [0.05, 0.1) is 35.7 Å². The average molecular weight is 499 g/mol. The molecule has 3 aliphatic rings. The molecule has 0 spiro atoms. The largest absolute Gasteiger partial charge is 0.483 e. The molecular weight excluding hydrogens is 471 g/mol. The van der Waals surface area contributed by atoms with Crippen LogP contribution in [0.2, 0.25) is 0 Å². The second-order valence-electron chi connectivity index (χ2n) is 9.04. The molecule has 3 saturated heterocycles. The third-order valence-corrected chi connectivity index (χ3v) is 8.62. The zero-order valence-corrected chi connectivity index (χ0v) is 20.4. The van der Waals surface area contributed by atoms with Crippen LogP contribution in [0.1, 0.15) is 12.0 Å². The summed E-state index contributed by atoms with van der Waals surface area (Å²) in [5.74, 6) is 2.58. The van der Waals surface area contributed by atoms with Crippen LogP contribution in [-0.4, -0.2) is 66.2 Å². The number of nitrogens with zero attached hydrogens (tertiary/aromatic N) is 3. The fourth-order valence-corrected chi connectivity index (χ4v) is 6.36. The zero-order chi connectivity index (χ0) is 23.9. The highest BCUT2D eigenvalue weighted by Gasteiger charge is 2.43. The van der Waals surface area contributed by atoms with E-state index in [0.717, 1.165) is 40.1 Å². The minimum atomic E-state index is -0.379. The van der Waals surface area contributed by atoms with E-state index in [1.807, 2.05) is 13.0 Å². The maximum atomic E-state index is 14.2. The predicted molar refractivity (Wildman–Crippen MR) is 132 cm³/mol. The van der Waals surface area contributed by atoms with Crippen molar-refractivity contribution in [2.45, 2.75) is 37.8 Å². The van der Waals surface area contributed by atoms with E-state index < -0.39 is 0 Å². The van der Waals surface area contributed by atoms with Gasteiger partial charge in [0, 0.05) is 36.7 Å². The maximum absolute atomic E-state index is 14.2. The number of anilines is 2. The lowest BCUT2D eigenvalue weighted by Crippen LogP contribution is -2.37. The van der Waals surface area contributed by atoms with Crippen LogP contribution in [0.15, 0.2) is 41.0 Å². The molecule has 2 aromatic carbocycles. The van der Waals surface area contributed by atoms with Crippen molar-refractivity contribution in [3.05, 3.63) is 48.0 Å². The summed E-state index contributed by atoms with van der Waals surface area (Å²) < 4.78 is 42.2. The van der Waals surface area contributed by atoms with E-state index >= 15 is 0 Å². The Morgan fingerprint density at radius 2 is 2.06 bits per heavy atom. The van der Waals surface area contributed by atoms with Gasteiger partial charge >= 0.3 is 0 Å². The van der Waals surface area contributed by atoms with Crippen LogP contribution in [0.4, 0.5) is 21.6 Å². The van der Waals surface area contributed by atoms with Crippen molar-refractivity contribution in [1.82, 2.24) is 9.97 Å². The van der Waals surface area contributed by atoms with Gasteiger partial charge in [-0.2, -0.15) is 0 Å². The van der Waals surface area contributed by atoms with Crippen molar-refractivity contribution in [2.24, 2.45) is 4.36 Å². The Labute approximate surface area is 205 Å². The highest BCUT2D eigenvalue weighted by molar-refractivity contribution is 7.88. The fraction of sp³-hybridized carbons (Fsp3) is 0.440. The molecule has 0 aliphatic carbocycles. The molecule has 0 saturated carbocycles. The average Bonchev–Trinajstić information content (AvgIpc) is 3.43. The molecule has 35 heavy (non-hydrogen) atoms. The third-order valence-electron chi connectivity index (χ3n) is 6.64. The summed E-state index contributed by atoms with van der Waals surface area (Å²) >= 11 is 0. The summed E-state index contributed by atoms with van der Waals surface area (Å²) in [4.78, 5) is 8.97. The van der Waals surface area contributed by atoms with Gasteiger partial charge in [-0.3, -0.25) is 0 Å². The van der Waals surface area contributed by atoms with Crippen LogP contribution in [0.5, 0.6) is 5.75 Å². The number of hydrogen-bond donors (Lipinski definition) is 1. The number of halogens is 1. The van der Waals surface area contributed by atoms with E-state index in [9.17, 15) is 4.39 Å². The predicted octanol–water partition coefficient (Wildman–Crippen LogP) is 4.22. The Morgan fingerprint density at radius 3 is 2.91 bits per heavy atom. The third kappa shape index (κ3) is 4.51. The first kappa shape index (κ1) is 22.8. The molecule has 3 aliphatic heterocycles. The lowest BCUT2D eigenvalue weighted by Gasteiger charge is -2.27. The molecule has 8 nitrogen and oxygen atoms in total. The van der Waals surface area contributed by atoms with Crippen molar-refractivity contribution < 1.29 is 23.3 Å². The van der Waals surface area contributed by atoms with Crippen molar-refractivity contribution in [3.63, 3.8) is 0 Å². The first-order valence-corrected chi connectivity index (χ1v) is 13.2. The number of benzene rings is 2. The van der Waals surface area contributed by atoms with Crippen LogP contribution in [0.25, 0.3) is 10.9 Å². The first-order chi connectivity index (χ1) is 17.1. The Bertz CT molecular complexity index is 1300. The number of aryl methyl sites for hydroxylation is 1. The molecule has 3 aromatic rings. The lowest BCUT2D eigenvalue weighted by molar-refractivity contribution is 0.0310. The van der Waals surface area contributed by atoms with Crippen molar-refractivity contribution in [1.29, 1.82) is 0 Å². The fourth-order valence-electron chi connectivity index (χ4n) is 4.78. The lowest BCUT2D eigenvalue weighted by atomic mass is 10.1. The van der Waals surface area contributed by atoms with Crippen molar-refractivity contribution in [2.75, 3.05) is 37.1 Å². The van der Waals surface area contributed by atoms with E-state index in [0.29, 0.717) is 36.6 Å². The van der Waals surface area contributed by atoms with Crippen molar-refractivity contribution in [3.8, 4) is 5.75 Å². The molecule has 3 fully saturated rings. The molecule has 1 unspecified atom stereocenters. The van der Waals surface area contributed by atoms with Gasteiger partial charge in [0.25, 0.3) is 0 Å². The van der Waals surface area contributed by atoms with E-state index in [2.05, 4.69) is 21.4 Å². The van der Waals surface area contributed by atoms with E-state index in [1.54, 1.807) is 13.2 Å². The highest BCUT2D eigenvalue weighted by Crippen LogP contribution is 2.36. The Morgan fingerprint density at radius 1 is 1.17 bits per heavy atom. The molecule has 0 radical (unpaired) electrons. The number of rotatable bonds is 6. The smallest absolute Gasteiger partial charge is 0.151 e. The van der Waals surface area contributed by atoms with Crippen LogP contribution >= 0.6 is 0 Å². The van der Waals surface area contributed by atoms with Crippen LogP contribution < -0.4 is 10.1 Å². The standard InChI is InChI=1S/C25H27FN4O4S/c1-14-7-16(30-35-11-17(12-35)31-2)9-19-23(14)25(28-13-27-19)29-18-4-3-15(26)8-21(18)34-22-10-33-20-5-6-32-24(20)22/h3-4,7-9,13,17,20,22,24H,5-6,10-12H2,1-2H3,(H,27,28,29)/t17?,20-,22-,24?,35?/m1/s1. The summed E-state index contributed by atoms with van der Waals surface area (Å²) in [5.41, 5.74) is 3.33. The number of methoxy groups -OCH3 is 1. The molecular formula is C25H27FN4O4S. The number of nitrogens with one attached hydrogen (secondary N) is 1. The molecule has 6 rings (SSSR count). The van der Waals surface area contributed by atoms with Gasteiger partial charge in [0.15, 0.2) is 6.10 Å². The quantitative estimate of drug-likeness (QED) is 0.545. The number of aromatic nitrogens is 2. The normalized spacial score (nSPS) is 27.5. The monoisotopic (exact) mass is 498 g/mol. The molecule has 3 atom stereocenters. The Hall–Kier alpha value is -2.66. The summed E-state index contributed by atoms with van der Waals surface area (Å²) in [7, 11) is 1.74. The van der Waals surface area contributed by atoms with E-state index in [-0.39, 0.29) is 34.8 Å². The van der Waals surface area contributed by atoms with Gasteiger partial charge in [0.2, 0.25) is 0 Å². The van der Waals surface area contributed by atoms with Crippen LogP contribution in [0.3, 0.4) is 0 Å². The minimum absolute atomic E-state index is 0.00704. The SMILES string of the molecule is COC1CS(=Nc2cc(C)c3c(Nc4ccc(F)cc4O[C@@H]4CO[C@@H]5CCOC54)ncnc3c2)C1. The molecule has 0 amide bonds. The van der Waals surface area contributed by atoms with Gasteiger partial charge in [-0.15, -0.1) is 0 Å². The van der Waals surface area contributed by atoms with Crippen molar-refractivity contribution >= 4 is 38.8 Å². The van der Waals surface area contributed by atoms with Gasteiger partial charge in [-0.25, -0.2) is 18.7 Å². The van der Waals surface area contributed by atoms with Gasteiger partial charge in [-0.1, -0.05) is 10.7 Å². The Balaban J connectivity index is 1.29. The van der Waals surface area contributed by atoms with Crippen LogP contribution in [0, 0.1) is 12.7 Å². The highest BCUT2D eigenvalue weighted by atomic mass is 32.2. The first-order valence-electron chi connectivity index (χ1n) is 11.7. The molecule has 10 heteroatoms. The molecule has 4 heterocycles. The maximum Gasteiger partial charge on any atom is 0.151 e. The number of fused-ring (bicyclic) bond motifs is 2.